The molecule has 0 saturated heterocycles. The van der Waals surface area contributed by atoms with Gasteiger partial charge in [-0.1, -0.05) is 30.3 Å². The van der Waals surface area contributed by atoms with Crippen LogP contribution in [0.4, 0.5) is 0 Å². The van der Waals surface area contributed by atoms with Crippen LogP contribution < -0.4 is 19.0 Å². The second-order valence-electron chi connectivity index (χ2n) is 7.62. The van der Waals surface area contributed by atoms with Crippen LogP contribution in [0.25, 0.3) is 11.3 Å². The van der Waals surface area contributed by atoms with Crippen molar-refractivity contribution in [1.82, 2.24) is 4.68 Å². The van der Waals surface area contributed by atoms with Crippen molar-refractivity contribution in [2.24, 2.45) is 10.1 Å². The van der Waals surface area contributed by atoms with E-state index in [4.69, 9.17) is 24.3 Å². The number of methoxy groups -OCH3 is 3. The zero-order chi connectivity index (χ0) is 22.3. The van der Waals surface area contributed by atoms with Gasteiger partial charge in [-0.25, -0.2) is 4.68 Å². The van der Waals surface area contributed by atoms with Crippen LogP contribution in [0.1, 0.15) is 31.2 Å². The first kappa shape index (κ1) is 22.1. The van der Waals surface area contributed by atoms with Gasteiger partial charge in [0.15, 0.2) is 11.5 Å². The standard InChI is InChI=1S/C25H29N3O3S/c1-29-22-15-19(16-23(30-2)24(22)31-3)21-17-32-25(28(21)27-20-11-7-8-12-20)26-14-13-18-9-5-4-6-10-18/h4-6,9-10,15-17H,7-8,11-14H2,1-3H3. The summed E-state index contributed by atoms with van der Waals surface area (Å²) in [5.41, 5.74) is 4.42. The molecule has 0 spiro atoms. The molecule has 0 aliphatic heterocycles. The van der Waals surface area contributed by atoms with E-state index in [2.05, 4.69) is 29.6 Å². The Morgan fingerprint density at radius 1 is 0.938 bits per heavy atom. The Kier molecular flexibility index (Phi) is 7.27. The molecule has 1 aromatic heterocycles. The Morgan fingerprint density at radius 3 is 2.25 bits per heavy atom. The third-order valence-corrected chi connectivity index (χ3v) is 6.41. The number of nitrogens with zero attached hydrogens (tertiary/aromatic N) is 3. The molecule has 32 heavy (non-hydrogen) atoms. The minimum absolute atomic E-state index is 0.579. The average molecular weight is 452 g/mol. The van der Waals surface area contributed by atoms with Gasteiger partial charge in [0.05, 0.1) is 27.0 Å². The molecule has 1 heterocycles. The molecular weight excluding hydrogens is 422 g/mol. The van der Waals surface area contributed by atoms with Gasteiger partial charge in [-0.3, -0.25) is 4.99 Å². The van der Waals surface area contributed by atoms with Crippen molar-refractivity contribution in [2.75, 3.05) is 27.9 Å². The Bertz CT molecular complexity index is 1120. The Morgan fingerprint density at radius 2 is 1.62 bits per heavy atom. The van der Waals surface area contributed by atoms with Gasteiger partial charge >= 0.3 is 0 Å². The van der Waals surface area contributed by atoms with Crippen LogP contribution in [0.2, 0.25) is 0 Å². The zero-order valence-electron chi connectivity index (χ0n) is 18.8. The second-order valence-corrected chi connectivity index (χ2v) is 8.46. The number of ether oxygens (including phenoxy) is 3. The van der Waals surface area contributed by atoms with Crippen molar-refractivity contribution in [3.05, 3.63) is 58.2 Å². The number of thiazole rings is 1. The van der Waals surface area contributed by atoms with E-state index in [0.29, 0.717) is 23.8 Å². The normalized spacial score (nSPS) is 14.0. The molecule has 0 unspecified atom stereocenters. The molecule has 0 bridgehead atoms. The monoisotopic (exact) mass is 451 g/mol. The molecule has 1 aliphatic rings. The number of rotatable bonds is 8. The number of aromatic nitrogens is 1. The van der Waals surface area contributed by atoms with Gasteiger partial charge in [-0.05, 0) is 49.8 Å². The van der Waals surface area contributed by atoms with Crippen LogP contribution in [0.5, 0.6) is 17.2 Å². The minimum atomic E-state index is 0.579. The van der Waals surface area contributed by atoms with Crippen molar-refractivity contribution in [2.45, 2.75) is 32.1 Å². The number of hydrogen-bond acceptors (Lipinski definition) is 6. The lowest BCUT2D eigenvalue weighted by molar-refractivity contribution is 0.324. The topological polar surface area (TPSA) is 57.3 Å². The van der Waals surface area contributed by atoms with Crippen LogP contribution in [0.3, 0.4) is 0 Å². The van der Waals surface area contributed by atoms with Gasteiger partial charge in [0.25, 0.3) is 0 Å². The summed E-state index contributed by atoms with van der Waals surface area (Å²) in [7, 11) is 4.87. The predicted octanol–water partition coefficient (Wildman–Crippen LogP) is 5.16. The fourth-order valence-corrected chi connectivity index (χ4v) is 4.74. The van der Waals surface area contributed by atoms with Crippen molar-refractivity contribution in [3.63, 3.8) is 0 Å². The Labute approximate surface area is 192 Å². The van der Waals surface area contributed by atoms with Crippen LogP contribution in [-0.4, -0.2) is 38.3 Å². The molecule has 168 valence electrons. The van der Waals surface area contributed by atoms with Crippen molar-refractivity contribution < 1.29 is 14.2 Å². The average Bonchev–Trinajstić information content (AvgIpc) is 3.49. The van der Waals surface area contributed by atoms with Crippen LogP contribution in [-0.2, 0) is 6.42 Å². The molecular formula is C25H29N3O3S. The van der Waals surface area contributed by atoms with E-state index in [-0.39, 0.29) is 0 Å². The molecule has 6 nitrogen and oxygen atoms in total. The molecule has 0 N–H and O–H groups in total. The molecule has 0 amide bonds. The van der Waals surface area contributed by atoms with E-state index < -0.39 is 0 Å². The molecule has 4 rings (SSSR count). The summed E-state index contributed by atoms with van der Waals surface area (Å²) < 4.78 is 18.6. The van der Waals surface area contributed by atoms with Gasteiger partial charge in [0.2, 0.25) is 10.6 Å². The first-order valence-electron chi connectivity index (χ1n) is 10.9. The SMILES string of the molecule is COc1cc(-c2csc(=NCCc3ccccc3)n2N=C2CCCC2)cc(OC)c1OC. The van der Waals surface area contributed by atoms with Crippen molar-refractivity contribution >= 4 is 17.0 Å². The molecule has 0 radical (unpaired) electrons. The Balaban J connectivity index is 1.75. The maximum absolute atomic E-state index is 5.56. The van der Waals surface area contributed by atoms with E-state index in [1.807, 2.05) is 22.9 Å². The summed E-state index contributed by atoms with van der Waals surface area (Å²) in [5, 5.41) is 7.11. The van der Waals surface area contributed by atoms with Crippen LogP contribution in [0, 0.1) is 0 Å². The highest BCUT2D eigenvalue weighted by Gasteiger charge is 2.18. The lowest BCUT2D eigenvalue weighted by atomic mass is 10.1. The summed E-state index contributed by atoms with van der Waals surface area (Å²) in [4.78, 5) is 5.79. The summed E-state index contributed by atoms with van der Waals surface area (Å²) in [6.45, 7) is 0.712. The van der Waals surface area contributed by atoms with Crippen molar-refractivity contribution in [3.8, 4) is 28.5 Å². The van der Waals surface area contributed by atoms with Gasteiger partial charge in [0, 0.05) is 23.2 Å². The molecule has 1 saturated carbocycles. The molecule has 2 aromatic carbocycles. The number of benzene rings is 2. The van der Waals surface area contributed by atoms with E-state index in [9.17, 15) is 0 Å². The van der Waals surface area contributed by atoms with Gasteiger partial charge < -0.3 is 14.2 Å². The van der Waals surface area contributed by atoms with E-state index in [0.717, 1.165) is 35.3 Å². The highest BCUT2D eigenvalue weighted by atomic mass is 32.1. The number of hydrogen-bond donors (Lipinski definition) is 0. The van der Waals surface area contributed by atoms with E-state index >= 15 is 0 Å². The lowest BCUT2D eigenvalue weighted by Crippen LogP contribution is -2.15. The van der Waals surface area contributed by atoms with E-state index in [1.165, 1.54) is 24.1 Å². The van der Waals surface area contributed by atoms with Crippen LogP contribution >= 0.6 is 11.3 Å². The van der Waals surface area contributed by atoms with Crippen molar-refractivity contribution in [1.29, 1.82) is 0 Å². The second kappa shape index (κ2) is 10.5. The Hall–Kier alpha value is -3.06. The summed E-state index contributed by atoms with van der Waals surface area (Å²) >= 11 is 1.60. The predicted molar refractivity (Wildman–Crippen MR) is 129 cm³/mol. The smallest absolute Gasteiger partial charge is 0.206 e. The van der Waals surface area contributed by atoms with Gasteiger partial charge in [-0.2, -0.15) is 5.10 Å². The molecule has 7 heteroatoms. The molecule has 1 fully saturated rings. The summed E-state index contributed by atoms with van der Waals surface area (Å²) in [6, 6.07) is 14.4. The van der Waals surface area contributed by atoms with E-state index in [1.54, 1.807) is 32.7 Å². The quantitative estimate of drug-likeness (QED) is 0.475. The minimum Gasteiger partial charge on any atom is -0.493 e. The fraction of sp³-hybridized carbons (Fsp3) is 0.360. The summed E-state index contributed by atoms with van der Waals surface area (Å²) in [5.74, 6) is 1.82. The van der Waals surface area contributed by atoms with Crippen LogP contribution in [0.15, 0.2) is 57.9 Å². The highest BCUT2D eigenvalue weighted by Crippen LogP contribution is 2.41. The first-order chi connectivity index (χ1) is 15.7. The van der Waals surface area contributed by atoms with Gasteiger partial charge in [-0.15, -0.1) is 11.3 Å². The highest BCUT2D eigenvalue weighted by molar-refractivity contribution is 7.07. The molecule has 1 aliphatic carbocycles. The molecule has 3 aromatic rings. The maximum atomic E-state index is 5.56. The van der Waals surface area contributed by atoms with Gasteiger partial charge in [0.1, 0.15) is 0 Å². The maximum Gasteiger partial charge on any atom is 0.206 e. The third-order valence-electron chi connectivity index (χ3n) is 5.56. The molecule has 0 atom stereocenters. The summed E-state index contributed by atoms with van der Waals surface area (Å²) in [6.07, 6.45) is 5.38. The fourth-order valence-electron chi connectivity index (χ4n) is 3.88. The largest absolute Gasteiger partial charge is 0.493 e. The third kappa shape index (κ3) is 4.88. The zero-order valence-corrected chi connectivity index (χ0v) is 19.7. The lowest BCUT2D eigenvalue weighted by Gasteiger charge is -2.14. The first-order valence-corrected chi connectivity index (χ1v) is 11.7.